The van der Waals surface area contributed by atoms with Crippen LogP contribution in [-0.4, -0.2) is 26.7 Å². The molecule has 0 bridgehead atoms. The van der Waals surface area contributed by atoms with Crippen molar-refractivity contribution in [3.8, 4) is 0 Å². The average molecular weight is 429 g/mol. The summed E-state index contributed by atoms with van der Waals surface area (Å²) >= 11 is 6.55. The largest absolute Gasteiger partial charge is 0.396 e. The number of aliphatic hydroxyl groups is 1. The van der Waals surface area contributed by atoms with Gasteiger partial charge in [0, 0.05) is 27.5 Å². The predicted octanol–water partition coefficient (Wildman–Crippen LogP) is 3.29. The Morgan fingerprint density at radius 1 is 1.25 bits per heavy atom. The number of hydrogen-bond donors (Lipinski definition) is 2. The van der Waals surface area contributed by atoms with Crippen molar-refractivity contribution in [1.82, 2.24) is 4.72 Å². The van der Waals surface area contributed by atoms with Crippen LogP contribution in [0.4, 0.5) is 0 Å². The van der Waals surface area contributed by atoms with E-state index in [0.717, 1.165) is 4.47 Å². The number of hydrogen-bond acceptors (Lipinski definition) is 3. The zero-order valence-electron chi connectivity index (χ0n) is 11.5. The van der Waals surface area contributed by atoms with Crippen LogP contribution in [-0.2, 0) is 10.0 Å². The van der Waals surface area contributed by atoms with Crippen LogP contribution in [0.15, 0.2) is 32.0 Å². The third-order valence-electron chi connectivity index (χ3n) is 3.66. The molecule has 1 aromatic carbocycles. The molecule has 0 aliphatic carbocycles. The minimum Gasteiger partial charge on any atom is -0.396 e. The van der Waals surface area contributed by atoms with Gasteiger partial charge in [-0.05, 0) is 47.0 Å². The van der Waals surface area contributed by atoms with Gasteiger partial charge in [0.25, 0.3) is 0 Å². The van der Waals surface area contributed by atoms with Gasteiger partial charge in [-0.3, -0.25) is 0 Å². The highest BCUT2D eigenvalue weighted by Crippen LogP contribution is 2.28. The van der Waals surface area contributed by atoms with E-state index in [4.69, 9.17) is 0 Å². The Balaban J connectivity index is 2.96. The molecule has 0 saturated carbocycles. The Kier molecular flexibility index (Phi) is 6.66. The summed E-state index contributed by atoms with van der Waals surface area (Å²) in [5.74, 6) is 0. The molecule has 0 atom stereocenters. The summed E-state index contributed by atoms with van der Waals surface area (Å²) in [5, 5.41) is 9.48. The Hall–Kier alpha value is 0.0500. The van der Waals surface area contributed by atoms with Crippen LogP contribution in [0.5, 0.6) is 0 Å². The lowest BCUT2D eigenvalue weighted by Crippen LogP contribution is -2.39. The van der Waals surface area contributed by atoms with Gasteiger partial charge in [-0.25, -0.2) is 13.1 Å². The van der Waals surface area contributed by atoms with Crippen molar-refractivity contribution in [2.24, 2.45) is 5.41 Å². The molecule has 20 heavy (non-hydrogen) atoms. The van der Waals surface area contributed by atoms with Crippen molar-refractivity contribution in [3.63, 3.8) is 0 Å². The van der Waals surface area contributed by atoms with E-state index in [1.165, 1.54) is 6.07 Å². The molecule has 0 saturated heterocycles. The van der Waals surface area contributed by atoms with E-state index in [-0.39, 0.29) is 18.0 Å². The average Bonchev–Trinajstić information content (AvgIpc) is 2.40. The molecule has 0 fully saturated rings. The maximum atomic E-state index is 12.3. The number of aliphatic hydroxyl groups excluding tert-OH is 1. The third-order valence-corrected chi connectivity index (χ3v) is 6.53. The molecule has 114 valence electrons. The smallest absolute Gasteiger partial charge is 0.241 e. The fraction of sp³-hybridized carbons (Fsp3) is 0.538. The van der Waals surface area contributed by atoms with Crippen molar-refractivity contribution < 1.29 is 13.5 Å². The first-order chi connectivity index (χ1) is 9.30. The Labute approximate surface area is 137 Å². The highest BCUT2D eigenvalue weighted by Gasteiger charge is 2.28. The van der Waals surface area contributed by atoms with Crippen LogP contribution >= 0.6 is 31.9 Å². The Morgan fingerprint density at radius 3 is 2.30 bits per heavy atom. The van der Waals surface area contributed by atoms with Crippen molar-refractivity contribution in [1.29, 1.82) is 0 Å². The summed E-state index contributed by atoms with van der Waals surface area (Å²) in [6.45, 7) is 4.08. The topological polar surface area (TPSA) is 66.4 Å². The lowest BCUT2D eigenvalue weighted by Gasteiger charge is -2.29. The molecule has 0 aliphatic rings. The van der Waals surface area contributed by atoms with Gasteiger partial charge in [-0.15, -0.1) is 0 Å². The van der Waals surface area contributed by atoms with Gasteiger partial charge >= 0.3 is 0 Å². The van der Waals surface area contributed by atoms with E-state index in [1.807, 2.05) is 13.8 Å². The third kappa shape index (κ3) is 4.27. The molecular formula is C13H19Br2NO3S. The van der Waals surface area contributed by atoms with E-state index < -0.39 is 15.4 Å². The molecule has 1 aromatic rings. The fourth-order valence-electron chi connectivity index (χ4n) is 1.80. The van der Waals surface area contributed by atoms with E-state index in [0.29, 0.717) is 17.3 Å². The molecule has 2 N–H and O–H groups in total. The maximum absolute atomic E-state index is 12.3. The SMILES string of the molecule is CCC(CC)(CO)CNS(=O)(=O)c1ccc(Br)cc1Br. The first kappa shape index (κ1) is 18.1. The second-order valence-corrected chi connectivity index (χ2v) is 8.27. The van der Waals surface area contributed by atoms with Crippen molar-refractivity contribution in [2.45, 2.75) is 31.6 Å². The Morgan fingerprint density at radius 2 is 1.85 bits per heavy atom. The Bertz CT molecular complexity index is 548. The second kappa shape index (κ2) is 7.35. The zero-order valence-corrected chi connectivity index (χ0v) is 15.5. The highest BCUT2D eigenvalue weighted by atomic mass is 79.9. The molecule has 0 aliphatic heterocycles. The zero-order chi connectivity index (χ0) is 15.4. The molecule has 4 nitrogen and oxygen atoms in total. The van der Waals surface area contributed by atoms with Gasteiger partial charge in [0.15, 0.2) is 0 Å². The molecule has 0 amide bonds. The monoisotopic (exact) mass is 427 g/mol. The van der Waals surface area contributed by atoms with Gasteiger partial charge in [-0.1, -0.05) is 29.8 Å². The molecule has 7 heteroatoms. The van der Waals surface area contributed by atoms with Gasteiger partial charge in [0.2, 0.25) is 10.0 Å². The first-order valence-corrected chi connectivity index (χ1v) is 9.42. The highest BCUT2D eigenvalue weighted by molar-refractivity contribution is 9.11. The lowest BCUT2D eigenvalue weighted by molar-refractivity contribution is 0.119. The quantitative estimate of drug-likeness (QED) is 0.700. The molecule has 0 radical (unpaired) electrons. The van der Waals surface area contributed by atoms with E-state index in [2.05, 4.69) is 36.6 Å². The lowest BCUT2D eigenvalue weighted by atomic mass is 9.84. The molecular weight excluding hydrogens is 410 g/mol. The van der Waals surface area contributed by atoms with Gasteiger partial charge in [-0.2, -0.15) is 0 Å². The maximum Gasteiger partial charge on any atom is 0.241 e. The summed E-state index contributed by atoms with van der Waals surface area (Å²) in [7, 11) is -3.60. The van der Waals surface area contributed by atoms with E-state index >= 15 is 0 Å². The number of benzene rings is 1. The van der Waals surface area contributed by atoms with Crippen LogP contribution in [0.25, 0.3) is 0 Å². The predicted molar refractivity (Wildman–Crippen MR) is 87.1 cm³/mol. The normalized spacial score (nSPS) is 12.7. The standard InChI is InChI=1S/C13H19Br2NO3S/c1-3-13(4-2,9-17)8-16-20(18,19)12-6-5-10(14)7-11(12)15/h5-7,16-17H,3-4,8-9H2,1-2H3. The summed E-state index contributed by atoms with van der Waals surface area (Å²) in [5.41, 5.74) is -0.408. The summed E-state index contributed by atoms with van der Waals surface area (Å²) < 4.78 is 28.5. The number of nitrogens with one attached hydrogen (secondary N) is 1. The van der Waals surface area contributed by atoms with Crippen LogP contribution in [0, 0.1) is 5.41 Å². The number of halogens is 2. The van der Waals surface area contributed by atoms with Crippen molar-refractivity contribution in [3.05, 3.63) is 27.1 Å². The fourth-order valence-corrected chi connectivity index (χ4v) is 4.70. The number of sulfonamides is 1. The first-order valence-electron chi connectivity index (χ1n) is 6.36. The van der Waals surface area contributed by atoms with Gasteiger partial charge in [0.05, 0.1) is 4.90 Å². The van der Waals surface area contributed by atoms with Crippen molar-refractivity contribution in [2.75, 3.05) is 13.2 Å². The van der Waals surface area contributed by atoms with E-state index in [9.17, 15) is 13.5 Å². The minimum atomic E-state index is -3.60. The van der Waals surface area contributed by atoms with Crippen LogP contribution in [0.1, 0.15) is 26.7 Å². The van der Waals surface area contributed by atoms with Crippen molar-refractivity contribution >= 4 is 41.9 Å². The minimum absolute atomic E-state index is 0.0377. The number of rotatable bonds is 7. The molecule has 0 spiro atoms. The molecule has 0 heterocycles. The molecule has 0 aromatic heterocycles. The van der Waals surface area contributed by atoms with Gasteiger partial charge < -0.3 is 5.11 Å². The van der Waals surface area contributed by atoms with Crippen LogP contribution in [0.3, 0.4) is 0 Å². The van der Waals surface area contributed by atoms with Gasteiger partial charge in [0.1, 0.15) is 0 Å². The second-order valence-electron chi connectivity index (χ2n) is 4.76. The van der Waals surface area contributed by atoms with E-state index in [1.54, 1.807) is 12.1 Å². The van der Waals surface area contributed by atoms with Crippen LogP contribution in [0.2, 0.25) is 0 Å². The molecule has 0 unspecified atom stereocenters. The molecule has 1 rings (SSSR count). The summed E-state index contributed by atoms with van der Waals surface area (Å²) in [6, 6.07) is 4.90. The van der Waals surface area contributed by atoms with Crippen LogP contribution < -0.4 is 4.72 Å². The summed E-state index contributed by atoms with van der Waals surface area (Å²) in [4.78, 5) is 0.194. The summed E-state index contributed by atoms with van der Waals surface area (Å²) in [6.07, 6.45) is 1.42.